The summed E-state index contributed by atoms with van der Waals surface area (Å²) in [6.45, 7) is 0.246. The van der Waals surface area contributed by atoms with Crippen LogP contribution in [0.2, 0.25) is 0 Å². The molecule has 0 bridgehead atoms. The van der Waals surface area contributed by atoms with E-state index in [1.165, 1.54) is 14.2 Å². The molecule has 1 aromatic rings. The Balaban J connectivity index is 3.13. The molecule has 0 fully saturated rings. The third-order valence-electron chi connectivity index (χ3n) is 2.58. The summed E-state index contributed by atoms with van der Waals surface area (Å²) in [6, 6.07) is 5.36. The Hall–Kier alpha value is -1.75. The summed E-state index contributed by atoms with van der Waals surface area (Å²) in [7, 11) is 3.06. The molecule has 0 radical (unpaired) electrons. The lowest BCUT2D eigenvalue weighted by Crippen LogP contribution is -2.17. The second kappa shape index (κ2) is 6.10. The van der Waals surface area contributed by atoms with Crippen LogP contribution >= 0.6 is 0 Å². The van der Waals surface area contributed by atoms with Crippen LogP contribution in [0.5, 0.6) is 11.5 Å². The zero-order chi connectivity index (χ0) is 12.8. The Bertz CT molecular complexity index is 392. The minimum Gasteiger partial charge on any atom is -0.493 e. The summed E-state index contributed by atoms with van der Waals surface area (Å²) in [4.78, 5) is 10.8. The van der Waals surface area contributed by atoms with Crippen LogP contribution < -0.4 is 15.2 Å². The average molecular weight is 239 g/mol. The van der Waals surface area contributed by atoms with Crippen molar-refractivity contribution in [2.24, 2.45) is 5.73 Å². The van der Waals surface area contributed by atoms with Crippen LogP contribution in [-0.2, 0) is 4.79 Å². The number of carboxylic acid groups (broad SMARTS) is 1. The molecule has 0 saturated heterocycles. The Labute approximate surface area is 100 Å². The molecule has 0 aliphatic carbocycles. The van der Waals surface area contributed by atoms with E-state index in [1.54, 1.807) is 12.1 Å². The van der Waals surface area contributed by atoms with Gasteiger partial charge in [-0.3, -0.25) is 4.79 Å². The van der Waals surface area contributed by atoms with Gasteiger partial charge in [0.2, 0.25) is 0 Å². The zero-order valence-electron chi connectivity index (χ0n) is 9.97. The number of nitrogens with two attached hydrogens (primary N) is 1. The van der Waals surface area contributed by atoms with E-state index in [0.29, 0.717) is 11.5 Å². The van der Waals surface area contributed by atoms with Crippen molar-refractivity contribution in [1.82, 2.24) is 0 Å². The fraction of sp³-hybridized carbons (Fsp3) is 0.417. The Kier molecular flexibility index (Phi) is 4.78. The quantitative estimate of drug-likeness (QED) is 0.780. The van der Waals surface area contributed by atoms with Crippen molar-refractivity contribution >= 4 is 5.97 Å². The van der Waals surface area contributed by atoms with Gasteiger partial charge < -0.3 is 20.3 Å². The van der Waals surface area contributed by atoms with E-state index >= 15 is 0 Å². The summed E-state index contributed by atoms with van der Waals surface area (Å²) in [5.74, 6) is -0.0385. The molecule has 5 nitrogen and oxygen atoms in total. The van der Waals surface area contributed by atoms with Crippen LogP contribution in [0, 0.1) is 0 Å². The first-order valence-corrected chi connectivity index (χ1v) is 5.26. The third-order valence-corrected chi connectivity index (χ3v) is 2.58. The molecule has 94 valence electrons. The van der Waals surface area contributed by atoms with E-state index in [2.05, 4.69) is 0 Å². The van der Waals surface area contributed by atoms with Crippen molar-refractivity contribution in [3.8, 4) is 11.5 Å². The van der Waals surface area contributed by atoms with Gasteiger partial charge >= 0.3 is 5.97 Å². The number of ether oxygens (including phenoxy) is 2. The van der Waals surface area contributed by atoms with E-state index in [1.807, 2.05) is 6.07 Å². The zero-order valence-corrected chi connectivity index (χ0v) is 9.97. The van der Waals surface area contributed by atoms with Crippen LogP contribution in [0.1, 0.15) is 17.9 Å². The molecule has 1 rings (SSSR count). The first kappa shape index (κ1) is 13.3. The van der Waals surface area contributed by atoms with Gasteiger partial charge in [-0.05, 0) is 12.6 Å². The molecule has 0 aliphatic heterocycles. The number of hydrogen-bond acceptors (Lipinski definition) is 4. The minimum absolute atomic E-state index is 0.0278. The van der Waals surface area contributed by atoms with E-state index in [-0.39, 0.29) is 18.9 Å². The number of methoxy groups -OCH3 is 2. The molecule has 5 heteroatoms. The number of rotatable bonds is 6. The van der Waals surface area contributed by atoms with Crippen LogP contribution in [0.3, 0.4) is 0 Å². The number of hydrogen-bond donors (Lipinski definition) is 2. The lowest BCUT2D eigenvalue weighted by atomic mass is 9.94. The maximum Gasteiger partial charge on any atom is 0.304 e. The standard InChI is InChI=1S/C12H17NO4/c1-16-10-5-3-4-9(12(10)17-2)8(7-13)6-11(14)15/h3-5,8H,6-7,13H2,1-2H3,(H,14,15)/t8-/m1/s1. The Morgan fingerprint density at radius 1 is 1.41 bits per heavy atom. The van der Waals surface area contributed by atoms with Crippen molar-refractivity contribution in [3.63, 3.8) is 0 Å². The summed E-state index contributed by atoms with van der Waals surface area (Å²) in [5, 5.41) is 8.84. The average Bonchev–Trinajstić information content (AvgIpc) is 2.34. The van der Waals surface area contributed by atoms with Crippen LogP contribution in [0.15, 0.2) is 18.2 Å². The third kappa shape index (κ3) is 3.10. The lowest BCUT2D eigenvalue weighted by molar-refractivity contribution is -0.137. The molecule has 0 spiro atoms. The second-order valence-corrected chi connectivity index (χ2v) is 3.61. The highest BCUT2D eigenvalue weighted by atomic mass is 16.5. The van der Waals surface area contributed by atoms with Gasteiger partial charge in [0.15, 0.2) is 11.5 Å². The molecular formula is C12H17NO4. The Morgan fingerprint density at radius 2 is 2.12 bits per heavy atom. The van der Waals surface area contributed by atoms with Gasteiger partial charge in [0.25, 0.3) is 0 Å². The summed E-state index contributed by atoms with van der Waals surface area (Å²) < 4.78 is 10.4. The van der Waals surface area contributed by atoms with Crippen molar-refractivity contribution in [2.75, 3.05) is 20.8 Å². The van der Waals surface area contributed by atoms with Gasteiger partial charge in [0, 0.05) is 11.5 Å². The highest BCUT2D eigenvalue weighted by molar-refractivity contribution is 5.68. The van der Waals surface area contributed by atoms with Gasteiger partial charge in [0.05, 0.1) is 20.6 Å². The summed E-state index contributed by atoms with van der Waals surface area (Å²) >= 11 is 0. The topological polar surface area (TPSA) is 81.8 Å². The van der Waals surface area contributed by atoms with Gasteiger partial charge in [-0.2, -0.15) is 0 Å². The van der Waals surface area contributed by atoms with Gasteiger partial charge in [0.1, 0.15) is 0 Å². The first-order valence-electron chi connectivity index (χ1n) is 5.26. The van der Waals surface area contributed by atoms with E-state index in [9.17, 15) is 4.79 Å². The van der Waals surface area contributed by atoms with Crippen LogP contribution in [0.25, 0.3) is 0 Å². The Morgan fingerprint density at radius 3 is 2.59 bits per heavy atom. The minimum atomic E-state index is -0.884. The van der Waals surface area contributed by atoms with Crippen LogP contribution in [-0.4, -0.2) is 31.8 Å². The molecule has 3 N–H and O–H groups in total. The van der Waals surface area contributed by atoms with Gasteiger partial charge in [-0.15, -0.1) is 0 Å². The van der Waals surface area contributed by atoms with E-state index in [4.69, 9.17) is 20.3 Å². The van der Waals surface area contributed by atoms with Crippen molar-refractivity contribution < 1.29 is 19.4 Å². The fourth-order valence-electron chi connectivity index (χ4n) is 1.76. The van der Waals surface area contributed by atoms with E-state index in [0.717, 1.165) is 5.56 Å². The molecule has 0 saturated carbocycles. The summed E-state index contributed by atoms with van der Waals surface area (Å²) in [5.41, 5.74) is 6.37. The number of aliphatic carboxylic acids is 1. The molecule has 0 amide bonds. The molecule has 0 unspecified atom stereocenters. The smallest absolute Gasteiger partial charge is 0.304 e. The summed E-state index contributed by atoms with van der Waals surface area (Å²) in [6.07, 6.45) is -0.0278. The molecule has 1 aromatic carbocycles. The second-order valence-electron chi connectivity index (χ2n) is 3.61. The van der Waals surface area contributed by atoms with Gasteiger partial charge in [-0.25, -0.2) is 0 Å². The predicted octanol–water partition coefficient (Wildman–Crippen LogP) is 1.22. The fourth-order valence-corrected chi connectivity index (χ4v) is 1.76. The number of benzene rings is 1. The van der Waals surface area contributed by atoms with Crippen molar-refractivity contribution in [1.29, 1.82) is 0 Å². The van der Waals surface area contributed by atoms with E-state index < -0.39 is 5.97 Å². The highest BCUT2D eigenvalue weighted by Crippen LogP contribution is 2.36. The maximum absolute atomic E-state index is 10.8. The highest BCUT2D eigenvalue weighted by Gasteiger charge is 2.20. The number of carbonyl (C=O) groups is 1. The molecule has 0 aliphatic rings. The lowest BCUT2D eigenvalue weighted by Gasteiger charge is -2.18. The number of carboxylic acids is 1. The molecular weight excluding hydrogens is 222 g/mol. The van der Waals surface area contributed by atoms with Crippen molar-refractivity contribution in [3.05, 3.63) is 23.8 Å². The molecule has 0 heterocycles. The number of para-hydroxylation sites is 1. The largest absolute Gasteiger partial charge is 0.493 e. The van der Waals surface area contributed by atoms with Crippen LogP contribution in [0.4, 0.5) is 0 Å². The van der Waals surface area contributed by atoms with Crippen molar-refractivity contribution in [2.45, 2.75) is 12.3 Å². The molecule has 17 heavy (non-hydrogen) atoms. The monoisotopic (exact) mass is 239 g/mol. The normalized spacial score (nSPS) is 11.9. The molecule has 1 atom stereocenters. The SMILES string of the molecule is COc1cccc([C@@H](CN)CC(=O)O)c1OC. The predicted molar refractivity (Wildman–Crippen MR) is 63.6 cm³/mol. The maximum atomic E-state index is 10.8. The molecule has 0 aromatic heterocycles. The first-order chi connectivity index (χ1) is 8.13. The van der Waals surface area contributed by atoms with Gasteiger partial charge in [-0.1, -0.05) is 12.1 Å².